The molecule has 2 rings (SSSR count). The van der Waals surface area contributed by atoms with Crippen LogP contribution in [0, 0.1) is 13.8 Å². The molecule has 0 aliphatic heterocycles. The van der Waals surface area contributed by atoms with E-state index in [0.29, 0.717) is 5.56 Å². The molecule has 1 fully saturated rings. The third-order valence-electron chi connectivity index (χ3n) is 3.82. The zero-order valence-corrected chi connectivity index (χ0v) is 11.1. The van der Waals surface area contributed by atoms with Gasteiger partial charge in [-0.15, -0.1) is 0 Å². The molecule has 3 nitrogen and oxygen atoms in total. The summed E-state index contributed by atoms with van der Waals surface area (Å²) in [4.78, 5) is 12.1. The molecule has 2 atom stereocenters. The van der Waals surface area contributed by atoms with Gasteiger partial charge in [0.25, 0.3) is 5.91 Å². The fourth-order valence-electron chi connectivity index (χ4n) is 2.41. The van der Waals surface area contributed by atoms with E-state index in [-0.39, 0.29) is 11.9 Å². The van der Waals surface area contributed by atoms with Gasteiger partial charge in [-0.2, -0.15) is 0 Å². The molecular formula is C15H21NO2. The lowest BCUT2D eigenvalue weighted by atomic mass is 9.92. The monoisotopic (exact) mass is 247 g/mol. The number of hydrogen-bond donors (Lipinski definition) is 2. The third kappa shape index (κ3) is 2.91. The summed E-state index contributed by atoms with van der Waals surface area (Å²) in [5.41, 5.74) is 2.98. The third-order valence-corrected chi connectivity index (χ3v) is 3.82. The normalized spacial score (nSPS) is 23.7. The number of aliphatic hydroxyl groups is 1. The van der Waals surface area contributed by atoms with Crippen molar-refractivity contribution < 1.29 is 9.90 Å². The number of amides is 1. The summed E-state index contributed by atoms with van der Waals surface area (Å²) in [6, 6.07) is 5.61. The average Bonchev–Trinajstić information content (AvgIpc) is 2.35. The van der Waals surface area contributed by atoms with Crippen molar-refractivity contribution in [3.8, 4) is 0 Å². The quantitative estimate of drug-likeness (QED) is 0.842. The molecule has 1 aromatic carbocycles. The number of nitrogens with one attached hydrogen (secondary N) is 1. The van der Waals surface area contributed by atoms with Gasteiger partial charge < -0.3 is 10.4 Å². The molecule has 18 heavy (non-hydrogen) atoms. The summed E-state index contributed by atoms with van der Waals surface area (Å²) in [6.45, 7) is 4.03. The average molecular weight is 247 g/mol. The second kappa shape index (κ2) is 5.53. The second-order valence-electron chi connectivity index (χ2n) is 5.23. The fourth-order valence-corrected chi connectivity index (χ4v) is 2.41. The van der Waals surface area contributed by atoms with Crippen molar-refractivity contribution in [2.45, 2.75) is 51.7 Å². The lowest BCUT2D eigenvalue weighted by Crippen LogP contribution is -2.45. The largest absolute Gasteiger partial charge is 0.391 e. The summed E-state index contributed by atoms with van der Waals surface area (Å²) in [6.07, 6.45) is 3.40. The van der Waals surface area contributed by atoms with Crippen molar-refractivity contribution in [2.24, 2.45) is 0 Å². The van der Waals surface area contributed by atoms with Crippen LogP contribution in [0.25, 0.3) is 0 Å². The Morgan fingerprint density at radius 3 is 2.61 bits per heavy atom. The van der Waals surface area contributed by atoms with Gasteiger partial charge in [0, 0.05) is 5.56 Å². The highest BCUT2D eigenvalue weighted by atomic mass is 16.3. The van der Waals surface area contributed by atoms with Gasteiger partial charge in [0.15, 0.2) is 0 Å². The Morgan fingerprint density at radius 1 is 1.22 bits per heavy atom. The number of carbonyl (C=O) groups is 1. The Kier molecular flexibility index (Phi) is 4.02. The van der Waals surface area contributed by atoms with Crippen molar-refractivity contribution >= 4 is 5.91 Å². The first-order chi connectivity index (χ1) is 8.58. The number of hydrogen-bond acceptors (Lipinski definition) is 2. The van der Waals surface area contributed by atoms with Gasteiger partial charge >= 0.3 is 0 Å². The summed E-state index contributed by atoms with van der Waals surface area (Å²) in [5, 5.41) is 12.8. The minimum Gasteiger partial charge on any atom is -0.391 e. The molecule has 1 saturated carbocycles. The van der Waals surface area contributed by atoms with Crippen molar-refractivity contribution in [1.82, 2.24) is 5.32 Å². The van der Waals surface area contributed by atoms with E-state index in [1.54, 1.807) is 0 Å². The molecule has 2 N–H and O–H groups in total. The number of rotatable bonds is 2. The minimum absolute atomic E-state index is 0.0796. The Morgan fingerprint density at radius 2 is 1.94 bits per heavy atom. The molecule has 0 spiro atoms. The van der Waals surface area contributed by atoms with Crippen LogP contribution >= 0.6 is 0 Å². The van der Waals surface area contributed by atoms with Crippen LogP contribution in [-0.4, -0.2) is 23.2 Å². The first-order valence-electron chi connectivity index (χ1n) is 6.64. The van der Waals surface area contributed by atoms with E-state index in [1.165, 1.54) is 5.56 Å². The summed E-state index contributed by atoms with van der Waals surface area (Å²) in [5.74, 6) is -0.0796. The number of aryl methyl sites for hydroxylation is 2. The van der Waals surface area contributed by atoms with Crippen LogP contribution in [0.3, 0.4) is 0 Å². The second-order valence-corrected chi connectivity index (χ2v) is 5.23. The predicted molar refractivity (Wildman–Crippen MR) is 71.6 cm³/mol. The van der Waals surface area contributed by atoms with Crippen molar-refractivity contribution in [3.05, 3.63) is 34.9 Å². The summed E-state index contributed by atoms with van der Waals surface area (Å²) in [7, 11) is 0. The standard InChI is InChI=1S/C15H21NO2/c1-10-7-8-12(9-11(10)2)15(18)16-13-5-3-4-6-14(13)17/h7-9,13-14,17H,3-6H2,1-2H3,(H,16,18)/t13-,14-/m1/s1. The van der Waals surface area contributed by atoms with Crippen LogP contribution in [-0.2, 0) is 0 Å². The Hall–Kier alpha value is -1.35. The van der Waals surface area contributed by atoms with Crippen LogP contribution in [0.1, 0.15) is 47.2 Å². The van der Waals surface area contributed by atoms with Gasteiger partial charge in [-0.3, -0.25) is 4.79 Å². The molecule has 98 valence electrons. The van der Waals surface area contributed by atoms with E-state index in [0.717, 1.165) is 31.2 Å². The Balaban J connectivity index is 2.04. The molecule has 0 heterocycles. The van der Waals surface area contributed by atoms with Gasteiger partial charge in [-0.25, -0.2) is 0 Å². The maximum Gasteiger partial charge on any atom is 0.251 e. The lowest BCUT2D eigenvalue weighted by molar-refractivity contribution is 0.0717. The molecule has 0 saturated heterocycles. The molecule has 1 aliphatic carbocycles. The molecule has 0 aromatic heterocycles. The molecule has 0 bridgehead atoms. The van der Waals surface area contributed by atoms with E-state index in [1.807, 2.05) is 32.0 Å². The van der Waals surface area contributed by atoms with Gasteiger partial charge in [0.1, 0.15) is 0 Å². The first kappa shape index (κ1) is 13.1. The van der Waals surface area contributed by atoms with Crippen molar-refractivity contribution in [1.29, 1.82) is 0 Å². The Bertz CT molecular complexity index is 442. The van der Waals surface area contributed by atoms with E-state index < -0.39 is 6.10 Å². The fraction of sp³-hybridized carbons (Fsp3) is 0.533. The maximum atomic E-state index is 12.1. The van der Waals surface area contributed by atoms with Crippen molar-refractivity contribution in [2.75, 3.05) is 0 Å². The summed E-state index contributed by atoms with van der Waals surface area (Å²) >= 11 is 0. The topological polar surface area (TPSA) is 49.3 Å². The molecular weight excluding hydrogens is 226 g/mol. The van der Waals surface area contributed by atoms with E-state index in [9.17, 15) is 9.90 Å². The molecule has 3 heteroatoms. The van der Waals surface area contributed by atoms with Gasteiger partial charge in [-0.1, -0.05) is 18.9 Å². The van der Waals surface area contributed by atoms with E-state index in [2.05, 4.69) is 5.32 Å². The first-order valence-corrected chi connectivity index (χ1v) is 6.64. The molecule has 1 aromatic rings. The minimum atomic E-state index is -0.394. The molecule has 0 unspecified atom stereocenters. The highest BCUT2D eigenvalue weighted by Gasteiger charge is 2.24. The SMILES string of the molecule is Cc1ccc(C(=O)N[C@@H]2CCCC[C@H]2O)cc1C. The predicted octanol–water partition coefficient (Wildman–Crippen LogP) is 2.34. The van der Waals surface area contributed by atoms with Gasteiger partial charge in [-0.05, 0) is 49.9 Å². The van der Waals surface area contributed by atoms with Crippen LogP contribution in [0.15, 0.2) is 18.2 Å². The van der Waals surface area contributed by atoms with Gasteiger partial charge in [0.05, 0.1) is 12.1 Å². The zero-order chi connectivity index (χ0) is 13.1. The number of aliphatic hydroxyl groups excluding tert-OH is 1. The van der Waals surface area contributed by atoms with Gasteiger partial charge in [0.2, 0.25) is 0 Å². The smallest absolute Gasteiger partial charge is 0.251 e. The maximum absolute atomic E-state index is 12.1. The van der Waals surface area contributed by atoms with Crippen LogP contribution in [0.5, 0.6) is 0 Å². The molecule has 0 radical (unpaired) electrons. The number of benzene rings is 1. The Labute approximate surface area is 108 Å². The van der Waals surface area contributed by atoms with Crippen LogP contribution in [0.4, 0.5) is 0 Å². The van der Waals surface area contributed by atoms with E-state index in [4.69, 9.17) is 0 Å². The van der Waals surface area contributed by atoms with Crippen LogP contribution in [0.2, 0.25) is 0 Å². The van der Waals surface area contributed by atoms with Crippen molar-refractivity contribution in [3.63, 3.8) is 0 Å². The number of carbonyl (C=O) groups excluding carboxylic acids is 1. The lowest BCUT2D eigenvalue weighted by Gasteiger charge is -2.28. The van der Waals surface area contributed by atoms with E-state index >= 15 is 0 Å². The molecule has 1 aliphatic rings. The highest BCUT2D eigenvalue weighted by molar-refractivity contribution is 5.94. The van der Waals surface area contributed by atoms with Crippen LogP contribution < -0.4 is 5.32 Å². The molecule has 1 amide bonds. The zero-order valence-electron chi connectivity index (χ0n) is 11.1. The summed E-state index contributed by atoms with van der Waals surface area (Å²) < 4.78 is 0. The highest BCUT2D eigenvalue weighted by Crippen LogP contribution is 2.19.